The van der Waals surface area contributed by atoms with Crippen molar-refractivity contribution in [3.8, 4) is 0 Å². The van der Waals surface area contributed by atoms with Crippen molar-refractivity contribution in [2.45, 2.75) is 0 Å². The van der Waals surface area contributed by atoms with Crippen molar-refractivity contribution in [2.24, 2.45) is 0 Å². The Kier molecular flexibility index (Phi) is 3.11. The van der Waals surface area contributed by atoms with Crippen LogP contribution in [0.5, 0.6) is 0 Å². The molecule has 2 nitrogen and oxygen atoms in total. The average molecular weight is 220 g/mol. The summed E-state index contributed by atoms with van der Waals surface area (Å²) in [4.78, 5) is 10.4. The van der Waals surface area contributed by atoms with Gasteiger partial charge in [0.25, 0.3) is 0 Å². The first kappa shape index (κ1) is 9.06. The van der Waals surface area contributed by atoms with E-state index in [9.17, 15) is 4.79 Å². The van der Waals surface area contributed by atoms with Gasteiger partial charge >= 0.3 is 78.8 Å². The fourth-order valence-electron chi connectivity index (χ4n) is 0.778. The molecular weight excluding hydrogens is 213 g/mol. The van der Waals surface area contributed by atoms with Gasteiger partial charge in [-0.05, 0) is 0 Å². The van der Waals surface area contributed by atoms with E-state index in [2.05, 4.69) is 0 Å². The van der Waals surface area contributed by atoms with E-state index in [4.69, 9.17) is 5.11 Å². The van der Waals surface area contributed by atoms with Crippen LogP contribution >= 0.6 is 0 Å². The molecule has 1 aromatic rings. The maximum atomic E-state index is 10.4. The molecule has 1 rings (SSSR count). The molecule has 0 aliphatic rings. The molecule has 12 heavy (non-hydrogen) atoms. The van der Waals surface area contributed by atoms with Gasteiger partial charge in [0, 0.05) is 0 Å². The molecule has 0 aromatic heterocycles. The third kappa shape index (κ3) is 2.54. The van der Waals surface area contributed by atoms with Gasteiger partial charge in [-0.2, -0.15) is 0 Å². The number of benzene rings is 1. The molecule has 0 aliphatic heterocycles. The molecule has 0 amide bonds. The fraction of sp³-hybridized carbons (Fsp3) is 0. The molecule has 0 unspecified atom stereocenters. The average Bonchev–Trinajstić information content (AvgIpc) is 2.06. The maximum absolute atomic E-state index is 10.4. The van der Waals surface area contributed by atoms with E-state index in [1.54, 1.807) is 22.6 Å². The molecule has 0 spiro atoms. The molecule has 1 N–H and O–H groups in total. The Morgan fingerprint density at radius 2 is 1.92 bits per heavy atom. The molecule has 0 atom stereocenters. The first-order valence-electron chi connectivity index (χ1n) is 3.42. The molecular formula is C9H7GeO2. The summed E-state index contributed by atoms with van der Waals surface area (Å²) in [7, 11) is 0. The van der Waals surface area contributed by atoms with E-state index in [-0.39, 0.29) is 0 Å². The molecule has 1 aromatic carbocycles. The summed E-state index contributed by atoms with van der Waals surface area (Å²) in [6.45, 7) is 0. The normalized spacial score (nSPS) is 11.2. The zero-order chi connectivity index (χ0) is 8.97. The number of aliphatic carboxylic acids is 1. The van der Waals surface area contributed by atoms with Crippen molar-refractivity contribution >= 4 is 28.6 Å². The standard InChI is InChI=1S/C9H7GeO2/c10-8(9(11)12)6-7-4-2-1-3-5-7/h1-6H,(H,11,12). The number of carboxylic acids is 1. The van der Waals surface area contributed by atoms with Crippen molar-refractivity contribution in [3.05, 3.63) is 40.3 Å². The number of rotatable bonds is 2. The Hall–Kier alpha value is -1.03. The van der Waals surface area contributed by atoms with Gasteiger partial charge in [-0.1, -0.05) is 0 Å². The molecule has 0 aliphatic carbocycles. The van der Waals surface area contributed by atoms with Crippen LogP contribution in [0.1, 0.15) is 5.56 Å². The molecule has 0 fully saturated rings. The van der Waals surface area contributed by atoms with Crippen LogP contribution in [0.25, 0.3) is 6.08 Å². The first-order valence-corrected chi connectivity index (χ1v) is 4.46. The molecule has 3 heteroatoms. The van der Waals surface area contributed by atoms with Gasteiger partial charge in [-0.15, -0.1) is 0 Å². The van der Waals surface area contributed by atoms with E-state index < -0.39 is 5.97 Å². The zero-order valence-electron chi connectivity index (χ0n) is 6.32. The second kappa shape index (κ2) is 4.11. The Bertz CT molecular complexity index is 304. The minimum atomic E-state index is -0.876. The second-order valence-corrected chi connectivity index (χ2v) is 3.40. The number of carboxylic acid groups (broad SMARTS) is 1. The van der Waals surface area contributed by atoms with Gasteiger partial charge in [0.1, 0.15) is 0 Å². The van der Waals surface area contributed by atoms with Crippen molar-refractivity contribution in [1.29, 1.82) is 0 Å². The van der Waals surface area contributed by atoms with Crippen LogP contribution in [-0.2, 0) is 4.79 Å². The molecule has 3 radical (unpaired) electrons. The van der Waals surface area contributed by atoms with Crippen LogP contribution in [0, 0.1) is 0 Å². The molecule has 0 saturated carbocycles. The van der Waals surface area contributed by atoms with Crippen LogP contribution in [-0.4, -0.2) is 27.6 Å². The van der Waals surface area contributed by atoms with Gasteiger partial charge in [0.15, 0.2) is 0 Å². The Labute approximate surface area is 79.1 Å². The zero-order valence-corrected chi connectivity index (χ0v) is 8.42. The first-order chi connectivity index (χ1) is 5.70. The summed E-state index contributed by atoms with van der Waals surface area (Å²) >= 11 is 1.58. The Morgan fingerprint density at radius 3 is 2.42 bits per heavy atom. The summed E-state index contributed by atoms with van der Waals surface area (Å²) in [5.41, 5.74) is 0.914. The predicted octanol–water partition coefficient (Wildman–Crippen LogP) is 1.28. The van der Waals surface area contributed by atoms with Crippen molar-refractivity contribution in [3.63, 3.8) is 0 Å². The van der Waals surface area contributed by atoms with Gasteiger partial charge in [-0.3, -0.25) is 0 Å². The van der Waals surface area contributed by atoms with Crippen LogP contribution in [0.4, 0.5) is 0 Å². The number of hydrogen-bond donors (Lipinski definition) is 1. The van der Waals surface area contributed by atoms with E-state index in [1.165, 1.54) is 0 Å². The number of hydrogen-bond acceptors (Lipinski definition) is 1. The molecule has 59 valence electrons. The van der Waals surface area contributed by atoms with Crippen LogP contribution in [0.15, 0.2) is 34.7 Å². The summed E-state index contributed by atoms with van der Waals surface area (Å²) in [5, 5.41) is 8.58. The van der Waals surface area contributed by atoms with Crippen LogP contribution < -0.4 is 0 Å². The number of carbonyl (C=O) groups is 1. The van der Waals surface area contributed by atoms with Crippen molar-refractivity contribution in [2.75, 3.05) is 0 Å². The Balaban J connectivity index is 2.89. The predicted molar refractivity (Wildman–Crippen MR) is 47.8 cm³/mol. The van der Waals surface area contributed by atoms with Crippen LogP contribution in [0.2, 0.25) is 0 Å². The summed E-state index contributed by atoms with van der Waals surface area (Å²) < 4.78 is 0.348. The molecule has 0 bridgehead atoms. The fourth-order valence-corrected chi connectivity index (χ4v) is 1.13. The summed E-state index contributed by atoms with van der Waals surface area (Å²) in [6.07, 6.45) is 1.64. The van der Waals surface area contributed by atoms with Gasteiger partial charge in [-0.25, -0.2) is 0 Å². The SMILES string of the molecule is O=C(O)[C]([Ge])=Cc1ccccc1. The molecule has 0 saturated heterocycles. The minimum absolute atomic E-state index is 0.348. The summed E-state index contributed by atoms with van der Waals surface area (Å²) in [6, 6.07) is 9.38. The monoisotopic (exact) mass is 221 g/mol. The van der Waals surface area contributed by atoms with Gasteiger partial charge in [0.2, 0.25) is 0 Å². The molecule has 0 heterocycles. The van der Waals surface area contributed by atoms with Crippen molar-refractivity contribution in [1.82, 2.24) is 0 Å². The van der Waals surface area contributed by atoms with Gasteiger partial charge in [0.05, 0.1) is 0 Å². The van der Waals surface area contributed by atoms with Gasteiger partial charge < -0.3 is 0 Å². The van der Waals surface area contributed by atoms with Crippen molar-refractivity contribution < 1.29 is 9.90 Å². The topological polar surface area (TPSA) is 37.3 Å². The Morgan fingerprint density at radius 1 is 1.33 bits per heavy atom. The van der Waals surface area contributed by atoms with Crippen LogP contribution in [0.3, 0.4) is 0 Å². The third-order valence-corrected chi connectivity index (χ3v) is 2.09. The van der Waals surface area contributed by atoms with E-state index >= 15 is 0 Å². The van der Waals surface area contributed by atoms with E-state index in [0.717, 1.165) is 5.56 Å². The third-order valence-electron chi connectivity index (χ3n) is 1.34. The quantitative estimate of drug-likeness (QED) is 0.601. The summed E-state index contributed by atoms with van der Waals surface area (Å²) in [5.74, 6) is -0.876. The second-order valence-electron chi connectivity index (χ2n) is 2.27. The van der Waals surface area contributed by atoms with E-state index in [1.807, 2.05) is 30.3 Å². The van der Waals surface area contributed by atoms with E-state index in [0.29, 0.717) is 4.41 Å².